The van der Waals surface area contributed by atoms with Crippen molar-refractivity contribution in [1.82, 2.24) is 5.32 Å². The zero-order valence-electron chi connectivity index (χ0n) is 13.4. The predicted molar refractivity (Wildman–Crippen MR) is 104 cm³/mol. The SMILES string of the molecule is N#CC(Cc1ccc(Cl)cc1)c1c(Cl)cc(N2N=CCNC2=O)cc1Cl. The lowest BCUT2D eigenvalue weighted by Gasteiger charge is -2.22. The Hall–Kier alpha value is -2.26. The van der Waals surface area contributed by atoms with E-state index in [1.54, 1.807) is 30.5 Å². The molecule has 1 aliphatic rings. The molecule has 1 unspecified atom stereocenters. The molecule has 1 aliphatic heterocycles. The summed E-state index contributed by atoms with van der Waals surface area (Å²) in [6.45, 7) is 0.368. The number of carbonyl (C=O) groups is 1. The Morgan fingerprint density at radius 1 is 1.19 bits per heavy atom. The standard InChI is InChI=1S/C18H13Cl3N4O/c19-13-3-1-11(2-4-13)7-12(10-22)17-15(20)8-14(9-16(17)21)25-18(26)23-5-6-24-25/h1-4,6,8-9,12H,5,7H2,(H,23,26). The van der Waals surface area contributed by atoms with E-state index in [0.717, 1.165) is 5.56 Å². The van der Waals surface area contributed by atoms with Crippen LogP contribution in [-0.2, 0) is 6.42 Å². The number of nitriles is 1. The fourth-order valence-electron chi connectivity index (χ4n) is 2.66. The van der Waals surface area contributed by atoms with E-state index in [4.69, 9.17) is 34.8 Å². The number of rotatable bonds is 4. The molecule has 1 heterocycles. The number of carbonyl (C=O) groups excluding carboxylic acids is 1. The van der Waals surface area contributed by atoms with Crippen LogP contribution in [0, 0.1) is 11.3 Å². The van der Waals surface area contributed by atoms with Crippen LogP contribution in [0.5, 0.6) is 0 Å². The summed E-state index contributed by atoms with van der Waals surface area (Å²) in [4.78, 5) is 11.9. The van der Waals surface area contributed by atoms with Gasteiger partial charge < -0.3 is 5.32 Å². The van der Waals surface area contributed by atoms with Crippen LogP contribution in [-0.4, -0.2) is 18.8 Å². The Kier molecular flexibility index (Phi) is 5.67. The van der Waals surface area contributed by atoms with Gasteiger partial charge in [0.05, 0.1) is 24.2 Å². The molecule has 1 N–H and O–H groups in total. The first-order valence-electron chi connectivity index (χ1n) is 7.73. The van der Waals surface area contributed by atoms with Gasteiger partial charge in [-0.1, -0.05) is 46.9 Å². The van der Waals surface area contributed by atoms with Crippen LogP contribution in [0.1, 0.15) is 17.0 Å². The van der Waals surface area contributed by atoms with Gasteiger partial charge in [0, 0.05) is 26.8 Å². The van der Waals surface area contributed by atoms with Crippen molar-refractivity contribution in [2.45, 2.75) is 12.3 Å². The number of hydrazone groups is 1. The van der Waals surface area contributed by atoms with E-state index in [1.807, 2.05) is 12.1 Å². The van der Waals surface area contributed by atoms with Crippen LogP contribution in [0.2, 0.25) is 15.1 Å². The largest absolute Gasteiger partial charge is 0.342 e. The zero-order valence-corrected chi connectivity index (χ0v) is 15.7. The molecule has 0 radical (unpaired) electrons. The molecule has 0 fully saturated rings. The van der Waals surface area contributed by atoms with Gasteiger partial charge in [-0.2, -0.15) is 15.4 Å². The molecule has 0 saturated heterocycles. The van der Waals surface area contributed by atoms with Crippen molar-refractivity contribution in [3.8, 4) is 6.07 Å². The first-order chi connectivity index (χ1) is 12.5. The summed E-state index contributed by atoms with van der Waals surface area (Å²) in [5, 5.41) is 18.7. The number of hydrogen-bond donors (Lipinski definition) is 1. The number of anilines is 1. The minimum Gasteiger partial charge on any atom is -0.331 e. The maximum Gasteiger partial charge on any atom is 0.342 e. The highest BCUT2D eigenvalue weighted by molar-refractivity contribution is 6.36. The summed E-state index contributed by atoms with van der Waals surface area (Å²) in [7, 11) is 0. The van der Waals surface area contributed by atoms with Gasteiger partial charge in [0.1, 0.15) is 0 Å². The second-order valence-electron chi connectivity index (χ2n) is 5.63. The van der Waals surface area contributed by atoms with Crippen molar-refractivity contribution in [2.24, 2.45) is 5.10 Å². The molecule has 1 atom stereocenters. The van der Waals surface area contributed by atoms with Gasteiger partial charge in [-0.3, -0.25) is 0 Å². The van der Waals surface area contributed by atoms with E-state index in [2.05, 4.69) is 16.5 Å². The van der Waals surface area contributed by atoms with Gasteiger partial charge in [-0.15, -0.1) is 0 Å². The molecule has 5 nitrogen and oxygen atoms in total. The molecule has 0 bridgehead atoms. The molecule has 2 aromatic carbocycles. The Labute approximate surface area is 165 Å². The number of halogens is 3. The van der Waals surface area contributed by atoms with Gasteiger partial charge in [-0.05, 0) is 36.2 Å². The van der Waals surface area contributed by atoms with E-state index in [1.165, 1.54) is 5.01 Å². The fraction of sp³-hybridized carbons (Fsp3) is 0.167. The van der Waals surface area contributed by atoms with Crippen LogP contribution in [0.3, 0.4) is 0 Å². The molecule has 26 heavy (non-hydrogen) atoms. The average Bonchev–Trinajstić information content (AvgIpc) is 2.62. The normalized spacial score (nSPS) is 14.7. The highest BCUT2D eigenvalue weighted by Crippen LogP contribution is 2.37. The number of nitrogens with zero attached hydrogens (tertiary/aromatic N) is 3. The van der Waals surface area contributed by atoms with Crippen LogP contribution in [0.25, 0.3) is 0 Å². The molecule has 3 rings (SSSR count). The first-order valence-corrected chi connectivity index (χ1v) is 8.86. The highest BCUT2D eigenvalue weighted by atomic mass is 35.5. The molecular weight excluding hydrogens is 395 g/mol. The van der Waals surface area contributed by atoms with Gasteiger partial charge >= 0.3 is 6.03 Å². The van der Waals surface area contributed by atoms with Crippen molar-refractivity contribution in [1.29, 1.82) is 5.26 Å². The highest BCUT2D eigenvalue weighted by Gasteiger charge is 2.23. The van der Waals surface area contributed by atoms with Gasteiger partial charge in [0.25, 0.3) is 0 Å². The molecular formula is C18H13Cl3N4O. The maximum absolute atomic E-state index is 11.9. The molecule has 132 valence electrons. The Morgan fingerprint density at radius 3 is 2.42 bits per heavy atom. The van der Waals surface area contributed by atoms with E-state index >= 15 is 0 Å². The Bertz CT molecular complexity index is 883. The summed E-state index contributed by atoms with van der Waals surface area (Å²) in [6.07, 6.45) is 2.00. The van der Waals surface area contributed by atoms with Crippen LogP contribution >= 0.6 is 34.8 Å². The lowest BCUT2D eigenvalue weighted by atomic mass is 9.93. The third kappa shape index (κ3) is 3.94. The summed E-state index contributed by atoms with van der Waals surface area (Å²) in [5.41, 5.74) is 1.90. The van der Waals surface area contributed by atoms with Crippen LogP contribution in [0.4, 0.5) is 10.5 Å². The number of nitrogens with one attached hydrogen (secondary N) is 1. The predicted octanol–water partition coefficient (Wildman–Crippen LogP) is 5.01. The molecule has 0 saturated carbocycles. The molecule has 2 amide bonds. The molecule has 2 aromatic rings. The molecule has 0 aliphatic carbocycles. The summed E-state index contributed by atoms with van der Waals surface area (Å²) in [6, 6.07) is 12.3. The monoisotopic (exact) mass is 406 g/mol. The lowest BCUT2D eigenvalue weighted by molar-refractivity contribution is 0.247. The van der Waals surface area contributed by atoms with Crippen LogP contribution < -0.4 is 10.3 Å². The van der Waals surface area contributed by atoms with E-state index in [-0.39, 0.29) is 6.03 Å². The van der Waals surface area contributed by atoms with Gasteiger partial charge in [-0.25, -0.2) is 4.79 Å². The molecule has 0 aromatic heterocycles. The second-order valence-corrected chi connectivity index (χ2v) is 6.88. The maximum atomic E-state index is 11.9. The van der Waals surface area contributed by atoms with Gasteiger partial charge in [0.15, 0.2) is 0 Å². The van der Waals surface area contributed by atoms with Crippen molar-refractivity contribution >= 4 is 52.7 Å². The van der Waals surface area contributed by atoms with Crippen molar-refractivity contribution in [3.05, 3.63) is 62.6 Å². The number of amides is 2. The van der Waals surface area contributed by atoms with Crippen molar-refractivity contribution in [3.63, 3.8) is 0 Å². The Balaban J connectivity index is 1.92. The topological polar surface area (TPSA) is 68.5 Å². The fourth-order valence-corrected chi connectivity index (χ4v) is 3.53. The molecule has 0 spiro atoms. The minimum absolute atomic E-state index is 0.307. The average molecular weight is 408 g/mol. The van der Waals surface area contributed by atoms with Gasteiger partial charge in [0.2, 0.25) is 0 Å². The number of benzene rings is 2. The smallest absolute Gasteiger partial charge is 0.331 e. The zero-order chi connectivity index (χ0) is 18.7. The quantitative estimate of drug-likeness (QED) is 0.774. The Morgan fingerprint density at radius 2 is 1.85 bits per heavy atom. The van der Waals surface area contributed by atoms with Crippen LogP contribution in [0.15, 0.2) is 41.5 Å². The summed E-state index contributed by atoms with van der Waals surface area (Å²) >= 11 is 18.7. The van der Waals surface area contributed by atoms with E-state index in [9.17, 15) is 10.1 Å². The first kappa shape index (κ1) is 18.5. The third-order valence-corrected chi connectivity index (χ3v) is 4.78. The van der Waals surface area contributed by atoms with Crippen molar-refractivity contribution < 1.29 is 4.79 Å². The number of urea groups is 1. The molecule has 8 heteroatoms. The lowest BCUT2D eigenvalue weighted by Crippen LogP contribution is -2.41. The summed E-state index contributed by atoms with van der Waals surface area (Å²) in [5.74, 6) is -0.538. The van der Waals surface area contributed by atoms with E-state index in [0.29, 0.717) is 39.3 Å². The second kappa shape index (κ2) is 7.96. The van der Waals surface area contributed by atoms with Crippen molar-refractivity contribution in [2.75, 3.05) is 11.6 Å². The summed E-state index contributed by atoms with van der Waals surface area (Å²) < 4.78 is 0. The minimum atomic E-state index is -0.538. The van der Waals surface area contributed by atoms with E-state index < -0.39 is 5.92 Å². The number of hydrogen-bond acceptors (Lipinski definition) is 3. The third-order valence-electron chi connectivity index (χ3n) is 3.90.